The SMILES string of the molecule is Cc1[nH]c2ccccc2c1C(=O)C(=O)Nc1cccc2c(O)cccc12. The highest BCUT2D eigenvalue weighted by molar-refractivity contribution is 6.49. The molecular formula is C21H16N2O3. The van der Waals surface area contributed by atoms with Gasteiger partial charge in [-0.05, 0) is 25.1 Å². The van der Waals surface area contributed by atoms with Gasteiger partial charge in [0, 0.05) is 33.1 Å². The summed E-state index contributed by atoms with van der Waals surface area (Å²) < 4.78 is 0. The number of anilines is 1. The van der Waals surface area contributed by atoms with Crippen LogP contribution in [0.4, 0.5) is 5.69 Å². The Hall–Kier alpha value is -3.60. The second-order valence-corrected chi connectivity index (χ2v) is 6.13. The van der Waals surface area contributed by atoms with E-state index in [0.717, 1.165) is 10.9 Å². The number of phenolic OH excluding ortho intramolecular Hbond substituents is 1. The molecule has 4 rings (SSSR count). The maximum absolute atomic E-state index is 12.8. The van der Waals surface area contributed by atoms with E-state index in [0.29, 0.717) is 27.7 Å². The summed E-state index contributed by atoms with van der Waals surface area (Å²) in [6.07, 6.45) is 0. The molecule has 4 aromatic rings. The molecule has 0 saturated carbocycles. The number of ketones is 1. The van der Waals surface area contributed by atoms with Gasteiger partial charge in [0.05, 0.1) is 5.56 Å². The first kappa shape index (κ1) is 15.9. The average Bonchev–Trinajstić information content (AvgIpc) is 2.97. The van der Waals surface area contributed by atoms with Crippen molar-refractivity contribution in [1.82, 2.24) is 4.98 Å². The molecule has 0 saturated heterocycles. The minimum atomic E-state index is -0.714. The number of amides is 1. The van der Waals surface area contributed by atoms with Gasteiger partial charge in [-0.1, -0.05) is 42.5 Å². The van der Waals surface area contributed by atoms with Crippen LogP contribution in [-0.4, -0.2) is 21.8 Å². The van der Waals surface area contributed by atoms with Gasteiger partial charge in [-0.2, -0.15) is 0 Å². The number of aryl methyl sites for hydroxylation is 1. The molecule has 0 fully saturated rings. The van der Waals surface area contributed by atoms with Crippen molar-refractivity contribution in [3.8, 4) is 5.75 Å². The van der Waals surface area contributed by atoms with Crippen molar-refractivity contribution >= 4 is 39.1 Å². The zero-order chi connectivity index (χ0) is 18.3. The number of H-pyrrole nitrogens is 1. The fourth-order valence-corrected chi connectivity index (χ4v) is 3.26. The number of fused-ring (bicyclic) bond motifs is 2. The molecule has 26 heavy (non-hydrogen) atoms. The minimum absolute atomic E-state index is 0.123. The normalized spacial score (nSPS) is 11.0. The number of hydrogen-bond acceptors (Lipinski definition) is 3. The predicted octanol–water partition coefficient (Wildman–Crippen LogP) is 4.16. The third-order valence-corrected chi connectivity index (χ3v) is 4.47. The number of hydrogen-bond donors (Lipinski definition) is 3. The molecule has 0 spiro atoms. The second-order valence-electron chi connectivity index (χ2n) is 6.13. The van der Waals surface area contributed by atoms with E-state index in [1.807, 2.05) is 24.3 Å². The highest BCUT2D eigenvalue weighted by Gasteiger charge is 2.23. The first-order valence-corrected chi connectivity index (χ1v) is 8.20. The van der Waals surface area contributed by atoms with Crippen molar-refractivity contribution in [1.29, 1.82) is 0 Å². The number of phenols is 1. The topological polar surface area (TPSA) is 82.2 Å². The molecule has 0 atom stereocenters. The van der Waals surface area contributed by atoms with Gasteiger partial charge in [0.25, 0.3) is 11.7 Å². The van der Waals surface area contributed by atoms with E-state index < -0.39 is 11.7 Å². The summed E-state index contributed by atoms with van der Waals surface area (Å²) >= 11 is 0. The number of carbonyl (C=O) groups excluding carboxylic acids is 2. The van der Waals surface area contributed by atoms with Crippen molar-refractivity contribution < 1.29 is 14.7 Å². The summed E-state index contributed by atoms with van der Waals surface area (Å²) in [5.74, 6) is -1.19. The van der Waals surface area contributed by atoms with Crippen LogP contribution in [0.2, 0.25) is 0 Å². The Bertz CT molecular complexity index is 1170. The maximum atomic E-state index is 12.8. The van der Waals surface area contributed by atoms with Gasteiger partial charge >= 0.3 is 0 Å². The zero-order valence-electron chi connectivity index (χ0n) is 14.0. The molecule has 3 aromatic carbocycles. The summed E-state index contributed by atoms with van der Waals surface area (Å²) in [6.45, 7) is 1.77. The molecule has 0 aliphatic rings. The van der Waals surface area contributed by atoms with E-state index in [2.05, 4.69) is 10.3 Å². The molecule has 128 valence electrons. The number of rotatable bonds is 3. The van der Waals surface area contributed by atoms with Crippen LogP contribution in [-0.2, 0) is 4.79 Å². The number of para-hydroxylation sites is 1. The molecule has 1 heterocycles. The molecule has 5 heteroatoms. The average molecular weight is 344 g/mol. The van der Waals surface area contributed by atoms with Gasteiger partial charge in [-0.15, -0.1) is 0 Å². The van der Waals surface area contributed by atoms with E-state index in [-0.39, 0.29) is 5.75 Å². The van der Waals surface area contributed by atoms with Crippen LogP contribution in [0.25, 0.3) is 21.7 Å². The number of aromatic amines is 1. The number of carbonyl (C=O) groups is 2. The molecule has 0 bridgehead atoms. The quantitative estimate of drug-likeness (QED) is 0.385. The summed E-state index contributed by atoms with van der Waals surface area (Å²) in [5.41, 5.74) is 2.33. The lowest BCUT2D eigenvalue weighted by molar-refractivity contribution is -0.112. The lowest BCUT2D eigenvalue weighted by atomic mass is 10.0. The molecule has 0 radical (unpaired) electrons. The lowest BCUT2D eigenvalue weighted by Crippen LogP contribution is -2.23. The van der Waals surface area contributed by atoms with E-state index in [9.17, 15) is 14.7 Å². The molecular weight excluding hydrogens is 328 g/mol. The van der Waals surface area contributed by atoms with Crippen molar-refractivity contribution in [3.05, 3.63) is 71.9 Å². The third-order valence-electron chi connectivity index (χ3n) is 4.47. The van der Waals surface area contributed by atoms with Crippen molar-refractivity contribution in [2.75, 3.05) is 5.32 Å². The number of Topliss-reactive ketones (excluding diaryl/α,β-unsaturated/α-hetero) is 1. The van der Waals surface area contributed by atoms with Gasteiger partial charge in [-0.3, -0.25) is 9.59 Å². The summed E-state index contributed by atoms with van der Waals surface area (Å²) in [4.78, 5) is 28.5. The highest BCUT2D eigenvalue weighted by Crippen LogP contribution is 2.30. The number of aromatic nitrogens is 1. The third kappa shape index (κ3) is 2.50. The van der Waals surface area contributed by atoms with Crippen molar-refractivity contribution in [3.63, 3.8) is 0 Å². The molecule has 3 N–H and O–H groups in total. The van der Waals surface area contributed by atoms with E-state index >= 15 is 0 Å². The first-order valence-electron chi connectivity index (χ1n) is 8.20. The number of benzene rings is 3. The van der Waals surface area contributed by atoms with Crippen LogP contribution >= 0.6 is 0 Å². The van der Waals surface area contributed by atoms with Crippen LogP contribution in [0, 0.1) is 6.92 Å². The minimum Gasteiger partial charge on any atom is -0.507 e. The predicted molar refractivity (Wildman–Crippen MR) is 102 cm³/mol. The van der Waals surface area contributed by atoms with Crippen molar-refractivity contribution in [2.45, 2.75) is 6.92 Å². The Morgan fingerprint density at radius 1 is 0.885 bits per heavy atom. The second kappa shape index (κ2) is 6.04. The van der Waals surface area contributed by atoms with E-state index in [1.54, 1.807) is 43.3 Å². The highest BCUT2D eigenvalue weighted by atomic mass is 16.3. The fourth-order valence-electron chi connectivity index (χ4n) is 3.26. The lowest BCUT2D eigenvalue weighted by Gasteiger charge is -2.09. The Morgan fingerprint density at radius 3 is 2.42 bits per heavy atom. The summed E-state index contributed by atoms with van der Waals surface area (Å²) in [6, 6.07) is 17.6. The number of nitrogens with one attached hydrogen (secondary N) is 2. The standard InChI is InChI=1S/C21H16N2O3/c1-12-19(15-6-2-3-9-17(15)22-12)20(25)21(26)23-16-10-4-8-14-13(16)7-5-11-18(14)24/h2-11,22,24H,1H3,(H,23,26). The van der Waals surface area contributed by atoms with Crippen LogP contribution in [0.3, 0.4) is 0 Å². The number of aromatic hydroxyl groups is 1. The van der Waals surface area contributed by atoms with Crippen LogP contribution < -0.4 is 5.32 Å². The summed E-state index contributed by atoms with van der Waals surface area (Å²) in [5, 5.41) is 14.6. The van der Waals surface area contributed by atoms with Crippen molar-refractivity contribution in [2.24, 2.45) is 0 Å². The Labute approximate surface area is 149 Å². The molecule has 1 aromatic heterocycles. The van der Waals surface area contributed by atoms with Gasteiger partial charge in [0.2, 0.25) is 0 Å². The van der Waals surface area contributed by atoms with E-state index in [4.69, 9.17) is 0 Å². The smallest absolute Gasteiger partial charge is 0.296 e. The van der Waals surface area contributed by atoms with Gasteiger partial charge in [0.15, 0.2) is 0 Å². The van der Waals surface area contributed by atoms with Crippen LogP contribution in [0.5, 0.6) is 5.75 Å². The first-order chi connectivity index (χ1) is 12.6. The van der Waals surface area contributed by atoms with Gasteiger partial charge in [-0.25, -0.2) is 0 Å². The summed E-state index contributed by atoms with van der Waals surface area (Å²) in [7, 11) is 0. The van der Waals surface area contributed by atoms with Crippen LogP contribution in [0.15, 0.2) is 60.7 Å². The molecule has 5 nitrogen and oxygen atoms in total. The van der Waals surface area contributed by atoms with Crippen LogP contribution in [0.1, 0.15) is 16.1 Å². The maximum Gasteiger partial charge on any atom is 0.296 e. The Morgan fingerprint density at radius 2 is 1.58 bits per heavy atom. The van der Waals surface area contributed by atoms with Gasteiger partial charge < -0.3 is 15.4 Å². The fraction of sp³-hybridized carbons (Fsp3) is 0.0476. The molecule has 0 aliphatic heterocycles. The Balaban J connectivity index is 1.72. The van der Waals surface area contributed by atoms with Gasteiger partial charge in [0.1, 0.15) is 5.75 Å². The monoisotopic (exact) mass is 344 g/mol. The van der Waals surface area contributed by atoms with E-state index in [1.165, 1.54) is 0 Å². The Kier molecular flexibility index (Phi) is 3.69. The zero-order valence-corrected chi connectivity index (χ0v) is 14.0. The molecule has 0 aliphatic carbocycles. The largest absolute Gasteiger partial charge is 0.507 e. The molecule has 0 unspecified atom stereocenters. The molecule has 1 amide bonds.